The minimum Gasteiger partial charge on any atom is -0.374 e. The third-order valence-electron chi connectivity index (χ3n) is 17.4. The molecule has 5 amide bonds. The van der Waals surface area contributed by atoms with Crippen molar-refractivity contribution >= 4 is 40.3 Å². The van der Waals surface area contributed by atoms with E-state index < -0.39 is 41.2 Å². The first kappa shape index (κ1) is 52.6. The zero-order valence-corrected chi connectivity index (χ0v) is 43.8. The van der Waals surface area contributed by atoms with Crippen molar-refractivity contribution in [2.45, 2.75) is 128 Å². The number of aromatic nitrogens is 2. The number of piperazine rings is 1. The lowest BCUT2D eigenvalue weighted by Gasteiger charge is -2.40. The second-order valence-corrected chi connectivity index (χ2v) is 23.4. The summed E-state index contributed by atoms with van der Waals surface area (Å²) in [6.07, 6.45) is 13.5. The van der Waals surface area contributed by atoms with Gasteiger partial charge in [0.2, 0.25) is 23.6 Å². The van der Waals surface area contributed by atoms with Crippen molar-refractivity contribution in [1.29, 1.82) is 0 Å². The quantitative estimate of drug-likeness (QED) is 0.215. The molecule has 5 heterocycles. The van der Waals surface area contributed by atoms with E-state index in [1.54, 1.807) is 52.3 Å². The molecular formula is C58H74F2N8O7. The molecule has 75 heavy (non-hydrogen) atoms. The Bertz CT molecular complexity index is 2750. The molecule has 5 unspecified atom stereocenters. The van der Waals surface area contributed by atoms with Crippen LogP contribution >= 0.6 is 0 Å². The number of ether oxygens (including phenoxy) is 1. The smallest absolute Gasteiger partial charge is 0.272 e. The van der Waals surface area contributed by atoms with E-state index in [1.165, 1.54) is 6.07 Å². The zero-order chi connectivity index (χ0) is 52.5. The standard InChI is InChI=1S/C58H74F2N8O7/c1-58(2,3)57(74)67-22-10-13-38(33-67)42-16-9-17-45(51(42)60)53(70)61-52(37-11-5-4-6-12-37)56(73)68-34-39-31-40(68)32-49(39)75-41-20-23-64(24-21-41)35-50(69)65-25-27-66(28-26-65)55(72)46-29-36(18-19-47(46)59)30-48-43-14-7-8-15-44(43)54(71)63-62-48/h7-9,14-19,29,37-41,45,49,51-52H,4-6,10-13,20-28,30-35H2,1-3H3,(H,61,70)(H,63,71)/t38-,39?,40?,45?,49+,51?,52?/m1/s1. The highest BCUT2D eigenvalue weighted by atomic mass is 19.1. The van der Waals surface area contributed by atoms with Gasteiger partial charge in [-0.15, -0.1) is 0 Å². The molecule has 3 aliphatic carbocycles. The van der Waals surface area contributed by atoms with Gasteiger partial charge in [-0.2, -0.15) is 5.10 Å². The Morgan fingerprint density at radius 2 is 1.57 bits per heavy atom. The molecule has 3 aromatic rings. The summed E-state index contributed by atoms with van der Waals surface area (Å²) in [7, 11) is 0. The van der Waals surface area contributed by atoms with Gasteiger partial charge in [0.15, 0.2) is 0 Å². The molecule has 1 aromatic heterocycles. The lowest BCUT2D eigenvalue weighted by atomic mass is 9.79. The van der Waals surface area contributed by atoms with Crippen molar-refractivity contribution in [1.82, 2.24) is 40.0 Å². The van der Waals surface area contributed by atoms with Crippen LogP contribution in [0.4, 0.5) is 8.78 Å². The highest BCUT2D eigenvalue weighted by Gasteiger charge is 2.50. The van der Waals surface area contributed by atoms with Crippen molar-refractivity contribution < 1.29 is 37.5 Å². The van der Waals surface area contributed by atoms with Gasteiger partial charge < -0.3 is 29.7 Å². The van der Waals surface area contributed by atoms with Gasteiger partial charge >= 0.3 is 0 Å². The third kappa shape index (κ3) is 11.5. The lowest BCUT2D eigenvalue weighted by molar-refractivity contribution is -0.143. The summed E-state index contributed by atoms with van der Waals surface area (Å²) in [5.41, 5.74) is 0.996. The van der Waals surface area contributed by atoms with Crippen LogP contribution in [0.25, 0.3) is 10.8 Å². The number of piperidine rings is 3. The molecule has 15 nitrogen and oxygen atoms in total. The van der Waals surface area contributed by atoms with E-state index in [1.807, 2.05) is 42.7 Å². The number of likely N-dealkylation sites (tertiary alicyclic amines) is 3. The van der Waals surface area contributed by atoms with Gasteiger partial charge in [0.25, 0.3) is 11.5 Å². The molecule has 0 spiro atoms. The molecule has 10 rings (SSSR count). The van der Waals surface area contributed by atoms with Gasteiger partial charge in [-0.3, -0.25) is 33.7 Å². The molecule has 402 valence electrons. The first-order chi connectivity index (χ1) is 36.1. The van der Waals surface area contributed by atoms with Gasteiger partial charge in [-0.1, -0.05) is 82.5 Å². The fourth-order valence-electron chi connectivity index (χ4n) is 13.2. The van der Waals surface area contributed by atoms with Gasteiger partial charge in [-0.05, 0) is 86.6 Å². The number of allylic oxidation sites excluding steroid dienone is 2. The Balaban J connectivity index is 0.670. The van der Waals surface area contributed by atoms with E-state index in [0.717, 1.165) is 70.6 Å². The van der Waals surface area contributed by atoms with Gasteiger partial charge in [-0.25, -0.2) is 13.9 Å². The number of aromatic amines is 1. The number of H-pyrrole nitrogens is 1. The number of halogens is 2. The number of carbonyl (C=O) groups is 5. The molecule has 2 N–H and O–H groups in total. The molecule has 17 heteroatoms. The first-order valence-corrected chi connectivity index (χ1v) is 27.7. The summed E-state index contributed by atoms with van der Waals surface area (Å²) in [5.74, 6) is -2.55. The van der Waals surface area contributed by atoms with Crippen molar-refractivity contribution in [3.05, 3.63) is 99.3 Å². The number of alkyl halides is 1. The number of carbonyl (C=O) groups excluding carboxylic acids is 5. The Labute approximate surface area is 438 Å². The highest BCUT2D eigenvalue weighted by molar-refractivity contribution is 5.95. The lowest BCUT2D eigenvalue weighted by Crippen LogP contribution is -2.57. The van der Waals surface area contributed by atoms with Crippen LogP contribution in [-0.4, -0.2) is 160 Å². The van der Waals surface area contributed by atoms with Crippen LogP contribution in [0.1, 0.15) is 113 Å². The van der Waals surface area contributed by atoms with Gasteiger partial charge in [0, 0.05) is 94.0 Å². The molecular weight excluding hydrogens is 959 g/mol. The Morgan fingerprint density at radius 1 is 0.840 bits per heavy atom. The van der Waals surface area contributed by atoms with E-state index in [2.05, 4.69) is 20.4 Å². The Hall–Kier alpha value is -5.81. The van der Waals surface area contributed by atoms with Crippen LogP contribution in [0.5, 0.6) is 0 Å². The summed E-state index contributed by atoms with van der Waals surface area (Å²) in [6, 6.07) is 10.9. The summed E-state index contributed by atoms with van der Waals surface area (Å²) in [5, 5.41) is 11.1. The van der Waals surface area contributed by atoms with E-state index in [4.69, 9.17) is 4.74 Å². The number of fused-ring (bicyclic) bond motifs is 3. The second-order valence-electron chi connectivity index (χ2n) is 23.4. The fourth-order valence-corrected chi connectivity index (χ4v) is 13.2. The first-order valence-electron chi connectivity index (χ1n) is 27.7. The molecule has 6 fully saturated rings. The molecule has 2 aromatic carbocycles. The van der Waals surface area contributed by atoms with Crippen molar-refractivity contribution in [3.8, 4) is 0 Å². The van der Waals surface area contributed by atoms with Crippen LogP contribution in [0.15, 0.2) is 71.1 Å². The van der Waals surface area contributed by atoms with Crippen LogP contribution in [0.3, 0.4) is 0 Å². The number of nitrogens with one attached hydrogen (secondary N) is 2. The number of rotatable bonds is 12. The Morgan fingerprint density at radius 3 is 2.29 bits per heavy atom. The molecule has 4 saturated heterocycles. The monoisotopic (exact) mass is 1030 g/mol. The SMILES string of the molecule is CC(C)(C)C(=O)N1CCC[C@@H](C2=CC=CC(C(=O)NC(C(=O)N3CC4CC3C[C@@H]4OC3CCN(CC(=O)N4CCN(C(=O)c5cc(Cc6n[nH]c(=O)c7ccccc67)ccc5F)CC4)CC3)C3CCCCC3)C2F)C1. The Kier molecular flexibility index (Phi) is 15.7. The molecule has 2 saturated carbocycles. The number of amides is 5. The number of hydrogen-bond acceptors (Lipinski definition) is 9. The van der Waals surface area contributed by atoms with Gasteiger partial charge in [0.1, 0.15) is 18.0 Å². The van der Waals surface area contributed by atoms with E-state index in [9.17, 15) is 28.8 Å². The molecule has 7 atom stereocenters. The van der Waals surface area contributed by atoms with Crippen molar-refractivity contribution in [2.24, 2.45) is 29.1 Å². The fraction of sp³-hybridized carbons (Fsp3) is 0.603. The van der Waals surface area contributed by atoms with E-state index >= 15 is 8.78 Å². The number of hydrogen-bond donors (Lipinski definition) is 2. The van der Waals surface area contributed by atoms with Crippen molar-refractivity contribution in [3.63, 3.8) is 0 Å². The predicted octanol–water partition coefficient (Wildman–Crippen LogP) is 6.21. The minimum atomic E-state index is -1.53. The topological polar surface area (TPSA) is 169 Å². The normalized spacial score (nSPS) is 26.4. The van der Waals surface area contributed by atoms with Crippen LogP contribution in [0, 0.1) is 34.9 Å². The summed E-state index contributed by atoms with van der Waals surface area (Å²) in [6.45, 7) is 10.3. The molecule has 4 aliphatic heterocycles. The number of nitrogens with zero attached hydrogens (tertiary/aromatic N) is 6. The maximum atomic E-state index is 16.6. The third-order valence-corrected chi connectivity index (χ3v) is 17.4. The molecule has 7 aliphatic rings. The largest absolute Gasteiger partial charge is 0.374 e. The summed E-state index contributed by atoms with van der Waals surface area (Å²) >= 11 is 0. The minimum absolute atomic E-state index is 0.00142. The number of benzene rings is 2. The summed E-state index contributed by atoms with van der Waals surface area (Å²) < 4.78 is 38.5. The average molecular weight is 1030 g/mol. The predicted molar refractivity (Wildman–Crippen MR) is 279 cm³/mol. The van der Waals surface area contributed by atoms with Crippen LogP contribution in [0.2, 0.25) is 0 Å². The maximum Gasteiger partial charge on any atom is 0.272 e. The van der Waals surface area contributed by atoms with Crippen LogP contribution < -0.4 is 10.9 Å². The van der Waals surface area contributed by atoms with E-state index in [-0.39, 0.29) is 84.5 Å². The van der Waals surface area contributed by atoms with E-state index in [0.29, 0.717) is 79.8 Å². The highest BCUT2D eigenvalue weighted by Crippen LogP contribution is 2.42. The zero-order valence-electron chi connectivity index (χ0n) is 43.8. The maximum absolute atomic E-state index is 16.6. The molecule has 0 radical (unpaired) electrons. The van der Waals surface area contributed by atoms with Crippen molar-refractivity contribution in [2.75, 3.05) is 65.4 Å². The van der Waals surface area contributed by atoms with Crippen LogP contribution in [-0.2, 0) is 30.3 Å². The van der Waals surface area contributed by atoms with Gasteiger partial charge in [0.05, 0.1) is 41.3 Å². The average Bonchev–Trinajstić information content (AvgIpc) is 4.03. The summed E-state index contributed by atoms with van der Waals surface area (Å²) in [4.78, 5) is 90.7. The molecule has 2 bridgehead atoms. The second kappa shape index (κ2) is 22.4.